The highest BCUT2D eigenvalue weighted by molar-refractivity contribution is 5.76. The second kappa shape index (κ2) is 7.16. The summed E-state index contributed by atoms with van der Waals surface area (Å²) in [6.45, 7) is 1.91. The van der Waals surface area contributed by atoms with Crippen LogP contribution in [0.2, 0.25) is 0 Å². The molecule has 4 N–H and O–H groups in total. The Hall–Kier alpha value is -3.07. The van der Waals surface area contributed by atoms with Gasteiger partial charge in [0, 0.05) is 25.0 Å². The van der Waals surface area contributed by atoms with Crippen molar-refractivity contribution in [2.75, 3.05) is 24.1 Å². The van der Waals surface area contributed by atoms with Gasteiger partial charge >= 0.3 is 6.18 Å². The molecule has 1 aliphatic rings. The number of rotatable bonds is 4. The largest absolute Gasteiger partial charge is 0.416 e. The summed E-state index contributed by atoms with van der Waals surface area (Å²) in [5, 5.41) is 10.6. The number of nitrogens with zero attached hydrogens (tertiary/aromatic N) is 3. The maximum absolute atomic E-state index is 13.0. The zero-order chi connectivity index (χ0) is 19.7. The van der Waals surface area contributed by atoms with Crippen molar-refractivity contribution in [3.63, 3.8) is 0 Å². The SMILES string of the molecule is Nc1cc(CNc2ncnn3cc(C4=CCNCC4)cc23)cc(C(F)(F)F)c1. The fourth-order valence-electron chi connectivity index (χ4n) is 3.30. The van der Waals surface area contributed by atoms with Gasteiger partial charge < -0.3 is 16.4 Å². The standard InChI is InChI=1S/C19H19F3N6/c20-19(21,22)15-5-12(6-16(23)8-15)9-25-18-17-7-14(10-28(17)27-11-26-18)13-1-3-24-4-2-13/h1,5-8,10-11,24H,2-4,9,23H2,(H,25,26,27). The molecule has 3 heterocycles. The van der Waals surface area contributed by atoms with Gasteiger partial charge in [-0.2, -0.15) is 18.3 Å². The highest BCUT2D eigenvalue weighted by atomic mass is 19.4. The van der Waals surface area contributed by atoms with Crippen molar-refractivity contribution in [1.82, 2.24) is 19.9 Å². The molecule has 3 aromatic rings. The molecule has 1 aromatic carbocycles. The Bertz CT molecular complexity index is 1040. The van der Waals surface area contributed by atoms with E-state index in [2.05, 4.69) is 26.8 Å². The minimum absolute atomic E-state index is 0.0716. The van der Waals surface area contributed by atoms with Crippen LogP contribution in [0.5, 0.6) is 0 Å². The molecule has 9 heteroatoms. The van der Waals surface area contributed by atoms with Gasteiger partial charge in [0.05, 0.1) is 5.56 Å². The molecule has 0 bridgehead atoms. The number of aromatic nitrogens is 3. The molecule has 146 valence electrons. The van der Waals surface area contributed by atoms with Crippen LogP contribution in [-0.2, 0) is 12.7 Å². The summed E-state index contributed by atoms with van der Waals surface area (Å²) < 4.78 is 40.7. The molecule has 0 radical (unpaired) electrons. The number of fused-ring (bicyclic) bond motifs is 1. The summed E-state index contributed by atoms with van der Waals surface area (Å²) in [5.74, 6) is 0.548. The molecule has 4 rings (SSSR count). The van der Waals surface area contributed by atoms with Crippen molar-refractivity contribution < 1.29 is 13.2 Å². The average Bonchev–Trinajstić information content (AvgIpc) is 3.11. The van der Waals surface area contributed by atoms with E-state index < -0.39 is 11.7 Å². The third kappa shape index (κ3) is 3.79. The minimum atomic E-state index is -4.44. The fraction of sp³-hybridized carbons (Fsp3) is 0.263. The molecular formula is C19H19F3N6. The summed E-state index contributed by atoms with van der Waals surface area (Å²) in [4.78, 5) is 4.25. The number of anilines is 2. The van der Waals surface area contributed by atoms with E-state index in [9.17, 15) is 13.2 Å². The van der Waals surface area contributed by atoms with Crippen LogP contribution in [0.4, 0.5) is 24.7 Å². The zero-order valence-electron chi connectivity index (χ0n) is 14.9. The first-order valence-corrected chi connectivity index (χ1v) is 8.84. The van der Waals surface area contributed by atoms with E-state index in [1.54, 1.807) is 4.52 Å². The van der Waals surface area contributed by atoms with Crippen LogP contribution in [0, 0.1) is 0 Å². The number of nitrogen functional groups attached to an aromatic ring is 1. The van der Waals surface area contributed by atoms with Crippen LogP contribution in [0.1, 0.15) is 23.1 Å². The van der Waals surface area contributed by atoms with Crippen molar-refractivity contribution in [2.45, 2.75) is 19.1 Å². The monoisotopic (exact) mass is 388 g/mol. The lowest BCUT2D eigenvalue weighted by molar-refractivity contribution is -0.137. The van der Waals surface area contributed by atoms with Gasteiger partial charge in [-0.1, -0.05) is 6.08 Å². The van der Waals surface area contributed by atoms with E-state index in [1.807, 2.05) is 12.3 Å². The van der Waals surface area contributed by atoms with Gasteiger partial charge in [0.2, 0.25) is 0 Å². The highest BCUT2D eigenvalue weighted by Crippen LogP contribution is 2.31. The molecule has 0 fully saturated rings. The molecule has 0 spiro atoms. The Balaban J connectivity index is 1.59. The van der Waals surface area contributed by atoms with Gasteiger partial charge in [-0.05, 0) is 53.9 Å². The van der Waals surface area contributed by atoms with Crippen LogP contribution < -0.4 is 16.4 Å². The number of hydrogen-bond acceptors (Lipinski definition) is 5. The molecule has 28 heavy (non-hydrogen) atoms. The second-order valence-electron chi connectivity index (χ2n) is 6.67. The summed E-state index contributed by atoms with van der Waals surface area (Å²) >= 11 is 0. The number of benzene rings is 1. The van der Waals surface area contributed by atoms with Gasteiger partial charge in [-0.25, -0.2) is 9.50 Å². The molecule has 0 saturated heterocycles. The van der Waals surface area contributed by atoms with Crippen LogP contribution in [-0.4, -0.2) is 27.7 Å². The minimum Gasteiger partial charge on any atom is -0.399 e. The molecule has 6 nitrogen and oxygen atoms in total. The zero-order valence-corrected chi connectivity index (χ0v) is 14.9. The van der Waals surface area contributed by atoms with Crippen LogP contribution in [0.3, 0.4) is 0 Å². The molecular weight excluding hydrogens is 369 g/mol. The van der Waals surface area contributed by atoms with Gasteiger partial charge in [-0.15, -0.1) is 0 Å². The summed E-state index contributed by atoms with van der Waals surface area (Å²) in [6.07, 6.45) is 1.98. The van der Waals surface area contributed by atoms with Crippen LogP contribution in [0.25, 0.3) is 11.1 Å². The third-order valence-corrected chi connectivity index (χ3v) is 4.64. The molecule has 0 aliphatic carbocycles. The van der Waals surface area contributed by atoms with Gasteiger partial charge in [0.15, 0.2) is 5.82 Å². The number of alkyl halides is 3. The van der Waals surface area contributed by atoms with E-state index in [4.69, 9.17) is 5.73 Å². The Labute approximate surface area is 159 Å². The predicted molar refractivity (Wildman–Crippen MR) is 102 cm³/mol. The topological polar surface area (TPSA) is 80.3 Å². The summed E-state index contributed by atoms with van der Waals surface area (Å²) in [5.41, 5.74) is 8.43. The normalized spacial score (nSPS) is 14.9. The molecule has 0 amide bonds. The predicted octanol–water partition coefficient (Wildman–Crippen LogP) is 3.32. The van der Waals surface area contributed by atoms with E-state index in [0.717, 1.165) is 42.7 Å². The van der Waals surface area contributed by atoms with E-state index >= 15 is 0 Å². The first-order chi connectivity index (χ1) is 13.4. The number of halogens is 3. The first kappa shape index (κ1) is 18.3. The quantitative estimate of drug-likeness (QED) is 0.598. The Morgan fingerprint density at radius 3 is 2.82 bits per heavy atom. The maximum atomic E-state index is 13.0. The van der Waals surface area contributed by atoms with Crippen molar-refractivity contribution in [1.29, 1.82) is 0 Å². The van der Waals surface area contributed by atoms with Gasteiger partial charge in [0.25, 0.3) is 0 Å². The van der Waals surface area contributed by atoms with Crippen molar-refractivity contribution in [3.8, 4) is 0 Å². The molecule has 2 aromatic heterocycles. The summed E-state index contributed by atoms with van der Waals surface area (Å²) in [7, 11) is 0. The van der Waals surface area contributed by atoms with Crippen molar-refractivity contribution in [3.05, 3.63) is 59.6 Å². The lowest BCUT2D eigenvalue weighted by Crippen LogP contribution is -2.19. The molecule has 0 unspecified atom stereocenters. The van der Waals surface area contributed by atoms with Crippen molar-refractivity contribution >= 4 is 22.6 Å². The number of nitrogens with one attached hydrogen (secondary N) is 2. The lowest BCUT2D eigenvalue weighted by atomic mass is 10.0. The Morgan fingerprint density at radius 2 is 2.07 bits per heavy atom. The Morgan fingerprint density at radius 1 is 1.21 bits per heavy atom. The van der Waals surface area contributed by atoms with Crippen LogP contribution in [0.15, 0.2) is 42.9 Å². The Kier molecular flexibility index (Phi) is 4.68. The van der Waals surface area contributed by atoms with Gasteiger partial charge in [-0.3, -0.25) is 0 Å². The van der Waals surface area contributed by atoms with Crippen molar-refractivity contribution in [2.24, 2.45) is 0 Å². The molecule has 1 aliphatic heterocycles. The highest BCUT2D eigenvalue weighted by Gasteiger charge is 2.31. The second-order valence-corrected chi connectivity index (χ2v) is 6.67. The molecule has 0 saturated carbocycles. The average molecular weight is 388 g/mol. The number of hydrogen-bond donors (Lipinski definition) is 3. The molecule has 0 atom stereocenters. The smallest absolute Gasteiger partial charge is 0.399 e. The van der Waals surface area contributed by atoms with E-state index in [0.29, 0.717) is 11.4 Å². The van der Waals surface area contributed by atoms with Gasteiger partial charge in [0.1, 0.15) is 11.8 Å². The summed E-state index contributed by atoms with van der Waals surface area (Å²) in [6, 6.07) is 5.52. The first-order valence-electron chi connectivity index (χ1n) is 8.84. The number of nitrogens with two attached hydrogens (primary N) is 1. The van der Waals surface area contributed by atoms with Crippen LogP contribution >= 0.6 is 0 Å². The van der Waals surface area contributed by atoms with E-state index in [-0.39, 0.29) is 12.2 Å². The fourth-order valence-corrected chi connectivity index (χ4v) is 3.30. The lowest BCUT2D eigenvalue weighted by Gasteiger charge is -2.12. The third-order valence-electron chi connectivity index (χ3n) is 4.64. The maximum Gasteiger partial charge on any atom is 0.416 e. The van der Waals surface area contributed by atoms with E-state index in [1.165, 1.54) is 18.0 Å².